The fourth-order valence-corrected chi connectivity index (χ4v) is 1.03. The van der Waals surface area contributed by atoms with Gasteiger partial charge in [0.25, 0.3) is 0 Å². The van der Waals surface area contributed by atoms with Gasteiger partial charge >= 0.3 is 0 Å². The van der Waals surface area contributed by atoms with Crippen LogP contribution in [-0.4, -0.2) is 9.55 Å². The molecule has 0 saturated carbocycles. The van der Waals surface area contributed by atoms with Crippen molar-refractivity contribution in [1.29, 1.82) is 0 Å². The van der Waals surface area contributed by atoms with E-state index in [4.69, 9.17) is 0 Å². The summed E-state index contributed by atoms with van der Waals surface area (Å²) in [5.41, 5.74) is 2.16. The average Bonchev–Trinajstić information content (AvgIpc) is 2.34. The average molecular weight is 131 g/mol. The first kappa shape index (κ1) is 5.47. The van der Waals surface area contributed by atoms with E-state index >= 15 is 0 Å². The molecule has 1 aromatic carbocycles. The van der Waals surface area contributed by atoms with Gasteiger partial charge in [0, 0.05) is 7.05 Å². The molecule has 0 saturated heterocycles. The second kappa shape index (κ2) is 1.84. The maximum absolute atomic E-state index is 4.15. The van der Waals surface area contributed by atoms with Crippen molar-refractivity contribution in [2.24, 2.45) is 7.05 Å². The summed E-state index contributed by atoms with van der Waals surface area (Å²) >= 11 is 0. The van der Waals surface area contributed by atoms with Crippen molar-refractivity contribution >= 4 is 11.0 Å². The van der Waals surface area contributed by atoms with Gasteiger partial charge in [-0.15, -0.1) is 0 Å². The first-order chi connectivity index (χ1) is 4.88. The molecule has 2 nitrogen and oxygen atoms in total. The van der Waals surface area contributed by atoms with E-state index in [1.54, 1.807) is 6.33 Å². The maximum Gasteiger partial charge on any atom is 0.0955 e. The first-order valence-corrected chi connectivity index (χ1v) is 3.15. The van der Waals surface area contributed by atoms with E-state index in [9.17, 15) is 0 Å². The Morgan fingerprint density at radius 1 is 1.60 bits per heavy atom. The lowest BCUT2D eigenvalue weighted by molar-refractivity contribution is 0.947. The number of rotatable bonds is 0. The molecule has 0 spiro atoms. The van der Waals surface area contributed by atoms with Crippen LogP contribution in [0.1, 0.15) is 0 Å². The summed E-state index contributed by atoms with van der Waals surface area (Å²) in [6, 6.07) is 8.75. The SMILES string of the molecule is Cn1cnc2c[c]ccc21. The van der Waals surface area contributed by atoms with E-state index in [2.05, 4.69) is 11.1 Å². The van der Waals surface area contributed by atoms with Crippen LogP contribution in [0, 0.1) is 6.07 Å². The predicted molar refractivity (Wildman–Crippen MR) is 39.6 cm³/mol. The van der Waals surface area contributed by atoms with Crippen LogP contribution in [0.4, 0.5) is 0 Å². The summed E-state index contributed by atoms with van der Waals surface area (Å²) in [7, 11) is 1.98. The van der Waals surface area contributed by atoms with Gasteiger partial charge in [-0.3, -0.25) is 0 Å². The standard InChI is InChI=1S/C8H7N2/c1-10-6-9-7-4-2-3-5-8(7)10/h3-6H,1H3. The lowest BCUT2D eigenvalue weighted by Gasteiger charge is -1.89. The van der Waals surface area contributed by atoms with E-state index in [1.165, 1.54) is 0 Å². The third-order valence-corrected chi connectivity index (χ3v) is 1.57. The van der Waals surface area contributed by atoms with Gasteiger partial charge in [-0.25, -0.2) is 4.98 Å². The van der Waals surface area contributed by atoms with Gasteiger partial charge in [-0.05, 0) is 18.2 Å². The van der Waals surface area contributed by atoms with Crippen molar-refractivity contribution in [2.45, 2.75) is 0 Å². The van der Waals surface area contributed by atoms with Crippen molar-refractivity contribution in [1.82, 2.24) is 9.55 Å². The molecule has 10 heavy (non-hydrogen) atoms. The van der Waals surface area contributed by atoms with Crippen molar-refractivity contribution in [3.63, 3.8) is 0 Å². The summed E-state index contributed by atoms with van der Waals surface area (Å²) < 4.78 is 1.99. The van der Waals surface area contributed by atoms with Gasteiger partial charge in [-0.2, -0.15) is 0 Å². The number of benzene rings is 1. The number of nitrogens with zero attached hydrogens (tertiary/aromatic N) is 2. The molecule has 0 fully saturated rings. The highest BCUT2D eigenvalue weighted by atomic mass is 15.0. The summed E-state index contributed by atoms with van der Waals surface area (Å²) in [4.78, 5) is 4.15. The fraction of sp³-hybridized carbons (Fsp3) is 0.125. The Hall–Kier alpha value is -1.31. The van der Waals surface area contributed by atoms with Crippen molar-refractivity contribution in [3.05, 3.63) is 30.6 Å². The van der Waals surface area contributed by atoms with Crippen LogP contribution in [0.2, 0.25) is 0 Å². The number of aryl methyl sites for hydroxylation is 1. The molecule has 1 aromatic heterocycles. The predicted octanol–water partition coefficient (Wildman–Crippen LogP) is 1.37. The Balaban J connectivity index is 2.93. The van der Waals surface area contributed by atoms with E-state index < -0.39 is 0 Å². The highest BCUT2D eigenvalue weighted by Gasteiger charge is 1.94. The van der Waals surface area contributed by atoms with Gasteiger partial charge in [0.15, 0.2) is 0 Å². The highest BCUT2D eigenvalue weighted by Crippen LogP contribution is 2.08. The molecule has 0 bridgehead atoms. The minimum Gasteiger partial charge on any atom is -0.334 e. The quantitative estimate of drug-likeness (QED) is 0.528. The lowest BCUT2D eigenvalue weighted by atomic mass is 10.3. The van der Waals surface area contributed by atoms with Crippen molar-refractivity contribution in [3.8, 4) is 0 Å². The Labute approximate surface area is 59.1 Å². The normalized spacial score (nSPS) is 10.5. The molecule has 2 heteroatoms. The zero-order valence-corrected chi connectivity index (χ0v) is 5.70. The second-order valence-corrected chi connectivity index (χ2v) is 2.27. The third kappa shape index (κ3) is 0.620. The molecular weight excluding hydrogens is 124 g/mol. The zero-order valence-electron chi connectivity index (χ0n) is 5.70. The van der Waals surface area contributed by atoms with Crippen LogP contribution in [0.15, 0.2) is 24.5 Å². The van der Waals surface area contributed by atoms with Gasteiger partial charge in [0.05, 0.1) is 17.4 Å². The Morgan fingerprint density at radius 2 is 2.50 bits per heavy atom. The van der Waals surface area contributed by atoms with Crippen LogP contribution in [0.25, 0.3) is 11.0 Å². The number of imidazole rings is 1. The molecule has 2 rings (SSSR count). The minimum absolute atomic E-state index is 1.00. The van der Waals surface area contributed by atoms with Crippen LogP contribution in [0.5, 0.6) is 0 Å². The zero-order chi connectivity index (χ0) is 6.97. The van der Waals surface area contributed by atoms with E-state index in [0.717, 1.165) is 11.0 Å². The molecule has 0 atom stereocenters. The fourth-order valence-electron chi connectivity index (χ4n) is 1.03. The smallest absolute Gasteiger partial charge is 0.0955 e. The molecule has 0 unspecified atom stereocenters. The van der Waals surface area contributed by atoms with Gasteiger partial charge in [0.1, 0.15) is 0 Å². The molecule has 49 valence electrons. The minimum atomic E-state index is 1.00. The number of fused-ring (bicyclic) bond motifs is 1. The van der Waals surface area contributed by atoms with Crippen LogP contribution < -0.4 is 0 Å². The molecule has 2 aromatic rings. The number of aromatic nitrogens is 2. The summed E-state index contributed by atoms with van der Waals surface area (Å²) in [6.45, 7) is 0. The van der Waals surface area contributed by atoms with Crippen LogP contribution in [0.3, 0.4) is 0 Å². The molecule has 0 amide bonds. The second-order valence-electron chi connectivity index (χ2n) is 2.27. The molecular formula is C8H7N2. The molecule has 0 aliphatic heterocycles. The van der Waals surface area contributed by atoms with Gasteiger partial charge in [0.2, 0.25) is 0 Å². The van der Waals surface area contributed by atoms with Gasteiger partial charge < -0.3 is 4.57 Å². The van der Waals surface area contributed by atoms with E-state index in [1.807, 2.05) is 29.8 Å². The first-order valence-electron chi connectivity index (χ1n) is 3.15. The van der Waals surface area contributed by atoms with E-state index in [-0.39, 0.29) is 0 Å². The Morgan fingerprint density at radius 3 is 3.30 bits per heavy atom. The summed E-state index contributed by atoms with van der Waals surface area (Å²) in [5.74, 6) is 0. The molecule has 0 aliphatic carbocycles. The summed E-state index contributed by atoms with van der Waals surface area (Å²) in [6.07, 6.45) is 1.80. The number of hydrogen-bond donors (Lipinski definition) is 0. The third-order valence-electron chi connectivity index (χ3n) is 1.57. The topological polar surface area (TPSA) is 17.8 Å². The number of hydrogen-bond acceptors (Lipinski definition) is 1. The summed E-state index contributed by atoms with van der Waals surface area (Å²) in [5, 5.41) is 0. The monoisotopic (exact) mass is 131 g/mol. The molecule has 0 aliphatic rings. The van der Waals surface area contributed by atoms with Crippen molar-refractivity contribution in [2.75, 3.05) is 0 Å². The van der Waals surface area contributed by atoms with Gasteiger partial charge in [-0.1, -0.05) is 6.07 Å². The molecule has 1 heterocycles. The maximum atomic E-state index is 4.15. The van der Waals surface area contributed by atoms with Crippen molar-refractivity contribution < 1.29 is 0 Å². The molecule has 1 radical (unpaired) electrons. The Bertz CT molecular complexity index is 349. The highest BCUT2D eigenvalue weighted by molar-refractivity contribution is 5.74. The van der Waals surface area contributed by atoms with Crippen LogP contribution in [-0.2, 0) is 7.05 Å². The lowest BCUT2D eigenvalue weighted by Crippen LogP contribution is -1.81. The van der Waals surface area contributed by atoms with E-state index in [0.29, 0.717) is 0 Å². The largest absolute Gasteiger partial charge is 0.334 e. The van der Waals surface area contributed by atoms with Crippen LogP contribution >= 0.6 is 0 Å². The Kier molecular flexibility index (Phi) is 1.01. The molecule has 0 N–H and O–H groups in total.